The summed E-state index contributed by atoms with van der Waals surface area (Å²) in [6.07, 6.45) is 3.42. The predicted octanol–water partition coefficient (Wildman–Crippen LogP) is 1.78. The Balaban J connectivity index is 1.76. The molecule has 3 nitrogen and oxygen atoms in total. The van der Waals surface area contributed by atoms with Gasteiger partial charge in [-0.1, -0.05) is 0 Å². The molecule has 2 heterocycles. The van der Waals surface area contributed by atoms with Crippen LogP contribution in [0.25, 0.3) is 0 Å². The summed E-state index contributed by atoms with van der Waals surface area (Å²) in [6.45, 7) is 8.57. The molecule has 0 aliphatic carbocycles. The van der Waals surface area contributed by atoms with Crippen LogP contribution in [-0.4, -0.2) is 39.8 Å². The standard InChI is InChI=1S/C10H20O3Si/c1-14(2,3)13-8(4-9-6-11-9)5-10-7-12-10/h8-10H,4-7H2,1-3H3. The van der Waals surface area contributed by atoms with Gasteiger partial charge in [0.05, 0.1) is 31.5 Å². The van der Waals surface area contributed by atoms with Crippen molar-refractivity contribution in [2.45, 2.75) is 50.8 Å². The summed E-state index contributed by atoms with van der Waals surface area (Å²) in [6, 6.07) is 0. The SMILES string of the molecule is C[Si](C)(C)OC(CC1CO1)CC1CO1. The molecule has 0 aromatic rings. The summed E-state index contributed by atoms with van der Waals surface area (Å²) in [4.78, 5) is 0. The van der Waals surface area contributed by atoms with Gasteiger partial charge in [0.15, 0.2) is 8.32 Å². The Morgan fingerprint density at radius 2 is 1.57 bits per heavy atom. The van der Waals surface area contributed by atoms with Crippen LogP contribution >= 0.6 is 0 Å². The van der Waals surface area contributed by atoms with Gasteiger partial charge in [-0.2, -0.15) is 0 Å². The zero-order valence-corrected chi connectivity index (χ0v) is 10.3. The molecule has 2 unspecified atom stereocenters. The minimum atomic E-state index is -1.41. The third kappa shape index (κ3) is 4.08. The molecule has 0 aromatic heterocycles. The largest absolute Gasteiger partial charge is 0.415 e. The minimum absolute atomic E-state index is 0.363. The van der Waals surface area contributed by atoms with E-state index < -0.39 is 8.32 Å². The second kappa shape index (κ2) is 3.93. The predicted molar refractivity (Wildman–Crippen MR) is 56.9 cm³/mol. The highest BCUT2D eigenvalue weighted by molar-refractivity contribution is 6.69. The van der Waals surface area contributed by atoms with Gasteiger partial charge < -0.3 is 13.9 Å². The molecule has 2 atom stereocenters. The van der Waals surface area contributed by atoms with Crippen LogP contribution in [0.5, 0.6) is 0 Å². The fourth-order valence-corrected chi connectivity index (χ4v) is 2.88. The normalized spacial score (nSPS) is 32.8. The number of rotatable bonds is 6. The van der Waals surface area contributed by atoms with E-state index in [-0.39, 0.29) is 0 Å². The molecule has 0 radical (unpaired) electrons. The highest BCUT2D eigenvalue weighted by atomic mass is 28.4. The zero-order chi connectivity index (χ0) is 10.2. The third-order valence-corrected chi connectivity index (χ3v) is 3.42. The lowest BCUT2D eigenvalue weighted by Crippen LogP contribution is -2.33. The Morgan fingerprint density at radius 1 is 1.14 bits per heavy atom. The second-order valence-corrected chi connectivity index (χ2v) is 9.69. The van der Waals surface area contributed by atoms with Gasteiger partial charge in [0.2, 0.25) is 0 Å². The summed E-state index contributed by atoms with van der Waals surface area (Å²) in [5, 5.41) is 0. The van der Waals surface area contributed by atoms with Gasteiger partial charge in [-0.05, 0) is 19.6 Å². The van der Waals surface area contributed by atoms with Crippen LogP contribution in [0.15, 0.2) is 0 Å². The van der Waals surface area contributed by atoms with Gasteiger partial charge in [-0.25, -0.2) is 0 Å². The minimum Gasteiger partial charge on any atom is -0.415 e. The molecule has 0 bridgehead atoms. The summed E-state index contributed by atoms with van der Waals surface area (Å²) < 4.78 is 16.6. The molecule has 0 N–H and O–H groups in total. The van der Waals surface area contributed by atoms with Crippen molar-refractivity contribution in [3.05, 3.63) is 0 Å². The third-order valence-electron chi connectivity index (χ3n) is 2.38. The maximum Gasteiger partial charge on any atom is 0.184 e. The molecule has 2 aliphatic rings. The first-order chi connectivity index (χ1) is 6.53. The Bertz CT molecular complexity index is 180. The number of epoxide rings is 2. The van der Waals surface area contributed by atoms with Crippen molar-refractivity contribution >= 4 is 8.32 Å². The number of hydrogen-bond donors (Lipinski definition) is 0. The molecule has 14 heavy (non-hydrogen) atoms. The van der Waals surface area contributed by atoms with E-state index in [9.17, 15) is 0 Å². The van der Waals surface area contributed by atoms with Crippen LogP contribution in [0.3, 0.4) is 0 Å². The van der Waals surface area contributed by atoms with Crippen molar-refractivity contribution in [1.29, 1.82) is 0 Å². The summed E-state index contributed by atoms with van der Waals surface area (Å²) in [5.41, 5.74) is 0. The van der Waals surface area contributed by atoms with Gasteiger partial charge in [0.25, 0.3) is 0 Å². The van der Waals surface area contributed by atoms with Crippen molar-refractivity contribution in [3.8, 4) is 0 Å². The van der Waals surface area contributed by atoms with E-state index >= 15 is 0 Å². The monoisotopic (exact) mass is 216 g/mol. The lowest BCUT2D eigenvalue weighted by atomic mass is 10.1. The lowest BCUT2D eigenvalue weighted by molar-refractivity contribution is 0.149. The van der Waals surface area contributed by atoms with Crippen LogP contribution in [0, 0.1) is 0 Å². The average molecular weight is 216 g/mol. The van der Waals surface area contributed by atoms with E-state index in [2.05, 4.69) is 19.6 Å². The van der Waals surface area contributed by atoms with Crippen LogP contribution in [0.1, 0.15) is 12.8 Å². The Kier molecular flexibility index (Phi) is 2.97. The maximum atomic E-state index is 6.12. The van der Waals surface area contributed by atoms with Crippen LogP contribution in [0.4, 0.5) is 0 Å². The van der Waals surface area contributed by atoms with E-state index in [0.717, 1.165) is 26.1 Å². The molecule has 2 saturated heterocycles. The van der Waals surface area contributed by atoms with E-state index in [1.54, 1.807) is 0 Å². The average Bonchev–Trinajstić information content (AvgIpc) is 2.77. The van der Waals surface area contributed by atoms with Gasteiger partial charge in [0, 0.05) is 12.8 Å². The number of hydrogen-bond acceptors (Lipinski definition) is 3. The summed E-state index contributed by atoms with van der Waals surface area (Å²) >= 11 is 0. The molecule has 0 amide bonds. The van der Waals surface area contributed by atoms with Crippen molar-refractivity contribution in [1.82, 2.24) is 0 Å². The first-order valence-corrected chi connectivity index (χ1v) is 8.85. The van der Waals surface area contributed by atoms with E-state index in [0.29, 0.717) is 18.3 Å². The Labute approximate surface area is 86.9 Å². The second-order valence-electron chi connectivity index (χ2n) is 5.23. The van der Waals surface area contributed by atoms with Gasteiger partial charge in [0.1, 0.15) is 0 Å². The summed E-state index contributed by atoms with van der Waals surface area (Å²) in [5.74, 6) is 0. The summed E-state index contributed by atoms with van der Waals surface area (Å²) in [7, 11) is -1.41. The first kappa shape index (κ1) is 10.6. The highest BCUT2D eigenvalue weighted by Crippen LogP contribution is 2.26. The lowest BCUT2D eigenvalue weighted by Gasteiger charge is -2.25. The molecule has 2 rings (SSSR count). The van der Waals surface area contributed by atoms with Crippen molar-refractivity contribution in [2.75, 3.05) is 13.2 Å². The maximum absolute atomic E-state index is 6.12. The molecule has 82 valence electrons. The molecule has 2 aliphatic heterocycles. The van der Waals surface area contributed by atoms with E-state index in [1.807, 2.05) is 0 Å². The quantitative estimate of drug-likeness (QED) is 0.501. The molecular formula is C10H20O3Si. The van der Waals surface area contributed by atoms with Crippen LogP contribution in [0.2, 0.25) is 19.6 Å². The molecule has 0 saturated carbocycles. The van der Waals surface area contributed by atoms with Crippen LogP contribution in [-0.2, 0) is 13.9 Å². The Hall–Kier alpha value is 0.0969. The van der Waals surface area contributed by atoms with Gasteiger partial charge in [-0.15, -0.1) is 0 Å². The highest BCUT2D eigenvalue weighted by Gasteiger charge is 2.34. The zero-order valence-electron chi connectivity index (χ0n) is 9.29. The van der Waals surface area contributed by atoms with Crippen molar-refractivity contribution < 1.29 is 13.9 Å². The van der Waals surface area contributed by atoms with Gasteiger partial charge in [-0.3, -0.25) is 0 Å². The van der Waals surface area contributed by atoms with Crippen molar-refractivity contribution in [3.63, 3.8) is 0 Å². The fourth-order valence-electron chi connectivity index (χ4n) is 1.69. The van der Waals surface area contributed by atoms with Crippen molar-refractivity contribution in [2.24, 2.45) is 0 Å². The molecule has 0 aromatic carbocycles. The molecule has 4 heteroatoms. The molecule has 2 fully saturated rings. The first-order valence-electron chi connectivity index (χ1n) is 5.44. The fraction of sp³-hybridized carbons (Fsp3) is 1.00. The topological polar surface area (TPSA) is 34.3 Å². The van der Waals surface area contributed by atoms with Gasteiger partial charge >= 0.3 is 0 Å². The Morgan fingerprint density at radius 3 is 1.86 bits per heavy atom. The molecule has 0 spiro atoms. The van der Waals surface area contributed by atoms with E-state index in [4.69, 9.17) is 13.9 Å². The molecular weight excluding hydrogens is 196 g/mol. The number of ether oxygens (including phenoxy) is 2. The smallest absolute Gasteiger partial charge is 0.184 e. The van der Waals surface area contributed by atoms with E-state index in [1.165, 1.54) is 0 Å². The van der Waals surface area contributed by atoms with Crippen LogP contribution < -0.4 is 0 Å².